The molecule has 28 heavy (non-hydrogen) atoms. The van der Waals surface area contributed by atoms with Crippen molar-refractivity contribution in [3.8, 4) is 0 Å². The number of amides is 2. The van der Waals surface area contributed by atoms with Gasteiger partial charge in [-0.2, -0.15) is 0 Å². The first-order chi connectivity index (χ1) is 13.0. The quantitative estimate of drug-likeness (QED) is 0.736. The summed E-state index contributed by atoms with van der Waals surface area (Å²) in [6, 6.07) is 6.15. The minimum atomic E-state index is -0.537. The first-order valence-electron chi connectivity index (χ1n) is 9.64. The van der Waals surface area contributed by atoms with Crippen LogP contribution in [0.2, 0.25) is 0 Å². The first kappa shape index (κ1) is 20.7. The fourth-order valence-corrected chi connectivity index (χ4v) is 3.88. The van der Waals surface area contributed by atoms with E-state index < -0.39 is 11.7 Å². The van der Waals surface area contributed by atoms with Gasteiger partial charge in [-0.15, -0.1) is 0 Å². The second-order valence-electron chi connectivity index (χ2n) is 8.59. The van der Waals surface area contributed by atoms with Crippen molar-refractivity contribution in [2.45, 2.75) is 58.7 Å². The van der Waals surface area contributed by atoms with Crippen LogP contribution in [-0.2, 0) is 4.74 Å². The van der Waals surface area contributed by atoms with Crippen molar-refractivity contribution in [2.24, 2.45) is 0 Å². The molecular formula is C21H28BrN3O3. The molecule has 1 aliphatic heterocycles. The fraction of sp³-hybridized carbons (Fsp3) is 0.524. The second-order valence-corrected chi connectivity index (χ2v) is 9.50. The number of alkyl carbamates (subject to hydrolysis) is 1. The summed E-state index contributed by atoms with van der Waals surface area (Å²) < 4.78 is 8.43. The third-order valence-electron chi connectivity index (χ3n) is 4.78. The highest BCUT2D eigenvalue weighted by molar-refractivity contribution is 9.10. The van der Waals surface area contributed by atoms with Crippen LogP contribution in [0.4, 0.5) is 4.79 Å². The molecule has 7 heteroatoms. The van der Waals surface area contributed by atoms with Crippen LogP contribution in [-0.4, -0.2) is 46.2 Å². The molecule has 0 aliphatic carbocycles. The first-order valence-corrected chi connectivity index (χ1v) is 10.4. The van der Waals surface area contributed by atoms with Gasteiger partial charge in [-0.25, -0.2) is 4.79 Å². The predicted octanol–water partition coefficient (Wildman–Crippen LogP) is 4.72. The lowest BCUT2D eigenvalue weighted by Crippen LogP contribution is -2.41. The SMILES string of the molecule is CC(C)n1cc(C(=O)N2CCC(NC(=O)OC(C)(C)C)C2)c2ccc(Br)cc21. The number of carbonyl (C=O) groups is 2. The van der Waals surface area contributed by atoms with Crippen LogP contribution in [0.25, 0.3) is 10.9 Å². The van der Waals surface area contributed by atoms with Crippen molar-refractivity contribution in [3.05, 3.63) is 34.4 Å². The van der Waals surface area contributed by atoms with Crippen LogP contribution < -0.4 is 5.32 Å². The van der Waals surface area contributed by atoms with Gasteiger partial charge in [-0.05, 0) is 53.2 Å². The lowest BCUT2D eigenvalue weighted by molar-refractivity contribution is 0.0502. The molecule has 1 unspecified atom stereocenters. The molecule has 1 fully saturated rings. The Morgan fingerprint density at radius 1 is 1.29 bits per heavy atom. The van der Waals surface area contributed by atoms with E-state index in [1.54, 1.807) is 0 Å². The van der Waals surface area contributed by atoms with E-state index >= 15 is 0 Å². The molecule has 1 aromatic heterocycles. The Morgan fingerprint density at radius 2 is 2.00 bits per heavy atom. The lowest BCUT2D eigenvalue weighted by atomic mass is 10.1. The highest BCUT2D eigenvalue weighted by Gasteiger charge is 2.31. The number of fused-ring (bicyclic) bond motifs is 1. The zero-order valence-corrected chi connectivity index (χ0v) is 18.7. The number of hydrogen-bond acceptors (Lipinski definition) is 3. The highest BCUT2D eigenvalue weighted by Crippen LogP contribution is 2.29. The smallest absolute Gasteiger partial charge is 0.407 e. The number of likely N-dealkylation sites (tertiary alicyclic amines) is 1. The summed E-state index contributed by atoms with van der Waals surface area (Å²) in [5.41, 5.74) is 1.20. The molecule has 2 amide bonds. The van der Waals surface area contributed by atoms with Crippen molar-refractivity contribution in [2.75, 3.05) is 13.1 Å². The van der Waals surface area contributed by atoms with Crippen LogP contribution in [0.3, 0.4) is 0 Å². The van der Waals surface area contributed by atoms with Crippen LogP contribution in [0.1, 0.15) is 57.4 Å². The molecule has 1 atom stereocenters. The summed E-state index contributed by atoms with van der Waals surface area (Å²) in [5.74, 6) is 0.000196. The lowest BCUT2D eigenvalue weighted by Gasteiger charge is -2.22. The summed E-state index contributed by atoms with van der Waals surface area (Å²) in [6.45, 7) is 10.8. The largest absolute Gasteiger partial charge is 0.444 e. The molecule has 1 saturated heterocycles. The van der Waals surface area contributed by atoms with Crippen LogP contribution in [0, 0.1) is 0 Å². The number of halogens is 1. The Hall–Kier alpha value is -2.02. The maximum atomic E-state index is 13.2. The van der Waals surface area contributed by atoms with E-state index in [1.807, 2.05) is 50.1 Å². The van der Waals surface area contributed by atoms with Gasteiger partial charge in [0.1, 0.15) is 5.60 Å². The molecule has 6 nitrogen and oxygen atoms in total. The monoisotopic (exact) mass is 449 g/mol. The van der Waals surface area contributed by atoms with E-state index in [-0.39, 0.29) is 18.0 Å². The van der Waals surface area contributed by atoms with Crippen LogP contribution >= 0.6 is 15.9 Å². The summed E-state index contributed by atoms with van der Waals surface area (Å²) in [7, 11) is 0. The number of carbonyl (C=O) groups excluding carboxylic acids is 2. The highest BCUT2D eigenvalue weighted by atomic mass is 79.9. The Labute approximate surface area is 174 Å². The number of nitrogens with one attached hydrogen (secondary N) is 1. The molecule has 0 bridgehead atoms. The summed E-state index contributed by atoms with van der Waals surface area (Å²) in [6.07, 6.45) is 2.23. The minimum Gasteiger partial charge on any atom is -0.444 e. The number of benzene rings is 1. The van der Waals surface area contributed by atoms with Gasteiger partial charge in [-0.3, -0.25) is 4.79 Å². The number of hydrogen-bond donors (Lipinski definition) is 1. The van der Waals surface area contributed by atoms with E-state index in [9.17, 15) is 9.59 Å². The maximum Gasteiger partial charge on any atom is 0.407 e. The molecule has 0 radical (unpaired) electrons. The topological polar surface area (TPSA) is 63.6 Å². The Bertz CT molecular complexity index is 898. The molecule has 0 saturated carbocycles. The number of ether oxygens (including phenoxy) is 1. The van der Waals surface area contributed by atoms with Gasteiger partial charge in [0.2, 0.25) is 0 Å². The molecule has 0 spiro atoms. The van der Waals surface area contributed by atoms with Gasteiger partial charge >= 0.3 is 6.09 Å². The number of nitrogens with zero attached hydrogens (tertiary/aromatic N) is 2. The Balaban J connectivity index is 1.76. The van der Waals surface area contributed by atoms with Crippen molar-refractivity contribution in [1.82, 2.24) is 14.8 Å². The van der Waals surface area contributed by atoms with Crippen LogP contribution in [0.5, 0.6) is 0 Å². The van der Waals surface area contributed by atoms with Gasteiger partial charge in [0.25, 0.3) is 5.91 Å². The fourth-order valence-electron chi connectivity index (χ4n) is 3.53. The average molecular weight is 450 g/mol. The van der Waals surface area contributed by atoms with Crippen LogP contribution in [0.15, 0.2) is 28.9 Å². The molecule has 3 rings (SSSR count). The van der Waals surface area contributed by atoms with Gasteiger partial charge in [0.15, 0.2) is 0 Å². The maximum absolute atomic E-state index is 13.2. The van der Waals surface area contributed by atoms with E-state index in [0.29, 0.717) is 18.7 Å². The average Bonchev–Trinajstić information content (AvgIpc) is 3.16. The van der Waals surface area contributed by atoms with E-state index in [1.165, 1.54) is 0 Å². The standard InChI is InChI=1S/C21H28BrN3O3/c1-13(2)25-12-17(16-7-6-14(22)10-18(16)25)19(26)24-9-8-15(11-24)23-20(27)28-21(3,4)5/h6-7,10,12-13,15H,8-9,11H2,1-5H3,(H,23,27). The van der Waals surface area contributed by atoms with Gasteiger partial charge < -0.3 is 19.5 Å². The second kappa shape index (κ2) is 7.78. The minimum absolute atomic E-state index is 0.000196. The van der Waals surface area contributed by atoms with Crippen molar-refractivity contribution < 1.29 is 14.3 Å². The van der Waals surface area contributed by atoms with Gasteiger partial charge in [-0.1, -0.05) is 22.0 Å². The van der Waals surface area contributed by atoms with Gasteiger partial charge in [0.05, 0.1) is 17.1 Å². The molecule has 1 aromatic carbocycles. The predicted molar refractivity (Wildman–Crippen MR) is 114 cm³/mol. The molecule has 1 aliphatic rings. The van der Waals surface area contributed by atoms with Crippen molar-refractivity contribution in [3.63, 3.8) is 0 Å². The van der Waals surface area contributed by atoms with E-state index in [0.717, 1.165) is 21.8 Å². The van der Waals surface area contributed by atoms with E-state index in [2.05, 4.69) is 39.7 Å². The zero-order valence-electron chi connectivity index (χ0n) is 17.1. The van der Waals surface area contributed by atoms with Crippen molar-refractivity contribution in [1.29, 1.82) is 0 Å². The molecule has 1 N–H and O–H groups in total. The molecular weight excluding hydrogens is 422 g/mol. The molecule has 152 valence electrons. The molecule has 2 heterocycles. The Morgan fingerprint density at radius 3 is 2.64 bits per heavy atom. The zero-order chi connectivity index (χ0) is 20.6. The third-order valence-corrected chi connectivity index (χ3v) is 5.27. The summed E-state index contributed by atoms with van der Waals surface area (Å²) in [5, 5.41) is 3.82. The Kier molecular flexibility index (Phi) is 5.75. The summed E-state index contributed by atoms with van der Waals surface area (Å²) >= 11 is 3.52. The van der Waals surface area contributed by atoms with E-state index in [4.69, 9.17) is 4.74 Å². The number of aromatic nitrogens is 1. The number of rotatable bonds is 3. The third kappa shape index (κ3) is 4.51. The van der Waals surface area contributed by atoms with Gasteiger partial charge in [0, 0.05) is 35.2 Å². The summed E-state index contributed by atoms with van der Waals surface area (Å²) in [4.78, 5) is 27.0. The normalized spacial score (nSPS) is 17.4. The molecule has 2 aromatic rings. The van der Waals surface area contributed by atoms with Crippen molar-refractivity contribution >= 4 is 38.8 Å².